The maximum absolute atomic E-state index is 12.4. The molecule has 6 nitrogen and oxygen atoms in total. The molecule has 21 heavy (non-hydrogen) atoms. The first-order chi connectivity index (χ1) is 9.71. The Morgan fingerprint density at radius 2 is 2.05 bits per heavy atom. The van der Waals surface area contributed by atoms with Gasteiger partial charge in [0.1, 0.15) is 6.61 Å². The molecule has 2 rings (SSSR count). The number of carbonyl (C=O) groups is 1. The summed E-state index contributed by atoms with van der Waals surface area (Å²) >= 11 is 0. The van der Waals surface area contributed by atoms with Crippen LogP contribution in [-0.4, -0.2) is 58.3 Å². The Bertz CT molecular complexity index is 390. The summed E-state index contributed by atoms with van der Waals surface area (Å²) in [6, 6.07) is 0.0245. The standard InChI is InChI=1S/C15H27NO5/c1-10(2)15(19,11(3)17)14(18)21-9-12-6-8-16(20)7-4-5-13(12)16/h10-13,17,19H,4-9H2,1-3H3/t11-,12-,13+,15+,16?/m1/s1. The Balaban J connectivity index is 1.95. The van der Waals surface area contributed by atoms with E-state index in [1.54, 1.807) is 13.8 Å². The molecule has 0 aromatic heterocycles. The van der Waals surface area contributed by atoms with Gasteiger partial charge in [-0.25, -0.2) is 4.79 Å². The van der Waals surface area contributed by atoms with Gasteiger partial charge in [-0.15, -0.1) is 0 Å². The monoisotopic (exact) mass is 301 g/mol. The van der Waals surface area contributed by atoms with Gasteiger partial charge in [-0.3, -0.25) is 0 Å². The number of hydrogen-bond donors (Lipinski definition) is 2. The molecule has 5 atom stereocenters. The van der Waals surface area contributed by atoms with E-state index in [-0.39, 0.29) is 23.2 Å². The SMILES string of the molecule is CC(C)[C@@](O)(C(=O)OC[C@H]1CC[N+]2([O-])CCC[C@@H]12)[C@@H](C)O. The molecule has 2 aliphatic rings. The van der Waals surface area contributed by atoms with Crippen molar-refractivity contribution in [2.24, 2.45) is 11.8 Å². The van der Waals surface area contributed by atoms with E-state index in [2.05, 4.69) is 0 Å². The zero-order valence-corrected chi connectivity index (χ0v) is 13.1. The summed E-state index contributed by atoms with van der Waals surface area (Å²) < 4.78 is 5.12. The van der Waals surface area contributed by atoms with Crippen LogP contribution < -0.4 is 0 Å². The second kappa shape index (κ2) is 5.83. The average Bonchev–Trinajstić information content (AvgIpc) is 2.91. The van der Waals surface area contributed by atoms with Gasteiger partial charge >= 0.3 is 5.97 Å². The third-order valence-corrected chi connectivity index (χ3v) is 5.34. The molecule has 0 aliphatic carbocycles. The molecular formula is C15H27NO5. The number of hydroxylamine groups is 3. The van der Waals surface area contributed by atoms with Gasteiger partial charge in [0.25, 0.3) is 0 Å². The Labute approximate surface area is 125 Å². The van der Waals surface area contributed by atoms with Crippen LogP contribution in [0.25, 0.3) is 0 Å². The smallest absolute Gasteiger partial charge is 0.341 e. The van der Waals surface area contributed by atoms with Crippen molar-refractivity contribution >= 4 is 5.97 Å². The Morgan fingerprint density at radius 3 is 2.62 bits per heavy atom. The molecule has 2 fully saturated rings. The summed E-state index contributed by atoms with van der Waals surface area (Å²) in [6.07, 6.45) is 1.38. The minimum atomic E-state index is -1.89. The molecule has 1 unspecified atom stereocenters. The molecule has 0 saturated carbocycles. The van der Waals surface area contributed by atoms with Crippen molar-refractivity contribution in [2.45, 2.75) is 57.8 Å². The van der Waals surface area contributed by atoms with Crippen LogP contribution in [0.15, 0.2) is 0 Å². The van der Waals surface area contributed by atoms with E-state index in [1.807, 2.05) is 0 Å². The fourth-order valence-electron chi connectivity index (χ4n) is 3.82. The fraction of sp³-hybridized carbons (Fsp3) is 0.933. The number of aliphatic hydroxyl groups is 2. The van der Waals surface area contributed by atoms with Crippen LogP contribution in [0, 0.1) is 17.0 Å². The van der Waals surface area contributed by atoms with Gasteiger partial charge in [-0.2, -0.15) is 0 Å². The van der Waals surface area contributed by atoms with Crippen LogP contribution in [0.3, 0.4) is 0 Å². The predicted molar refractivity (Wildman–Crippen MR) is 76.9 cm³/mol. The van der Waals surface area contributed by atoms with Crippen LogP contribution in [0.2, 0.25) is 0 Å². The molecule has 0 bridgehead atoms. The number of quaternary nitrogens is 1. The lowest BCUT2D eigenvalue weighted by Gasteiger charge is -2.40. The number of nitrogens with zero attached hydrogens (tertiary/aromatic N) is 1. The maximum Gasteiger partial charge on any atom is 0.341 e. The van der Waals surface area contributed by atoms with Gasteiger partial charge in [0, 0.05) is 19.3 Å². The molecule has 2 aliphatic heterocycles. The molecule has 0 spiro atoms. The van der Waals surface area contributed by atoms with Gasteiger partial charge in [0.15, 0.2) is 5.60 Å². The van der Waals surface area contributed by atoms with Crippen molar-refractivity contribution in [3.05, 3.63) is 5.21 Å². The first-order valence-electron chi connectivity index (χ1n) is 7.87. The number of carbonyl (C=O) groups excluding carboxylic acids is 1. The predicted octanol–water partition coefficient (Wildman–Crippen LogP) is 0.794. The minimum Gasteiger partial charge on any atom is -0.633 e. The van der Waals surface area contributed by atoms with Gasteiger partial charge in [-0.1, -0.05) is 13.8 Å². The van der Waals surface area contributed by atoms with Crippen LogP contribution in [0.5, 0.6) is 0 Å². The molecule has 2 N–H and O–H groups in total. The molecule has 2 saturated heterocycles. The first-order valence-corrected chi connectivity index (χ1v) is 7.87. The van der Waals surface area contributed by atoms with E-state index < -0.39 is 23.6 Å². The van der Waals surface area contributed by atoms with E-state index in [0.29, 0.717) is 13.1 Å². The number of ether oxygens (including phenoxy) is 1. The Kier molecular flexibility index (Phi) is 4.63. The summed E-state index contributed by atoms with van der Waals surface area (Å²) in [4.78, 5) is 12.2. The van der Waals surface area contributed by atoms with Crippen LogP contribution in [-0.2, 0) is 9.53 Å². The number of aliphatic hydroxyl groups excluding tert-OH is 1. The normalized spacial score (nSPS) is 36.3. The van der Waals surface area contributed by atoms with Crippen LogP contribution in [0.1, 0.15) is 40.0 Å². The highest BCUT2D eigenvalue weighted by Gasteiger charge is 2.49. The number of fused-ring (bicyclic) bond motifs is 1. The quantitative estimate of drug-likeness (QED) is 0.445. The van der Waals surface area contributed by atoms with Crippen molar-refractivity contribution in [1.82, 2.24) is 0 Å². The molecule has 0 radical (unpaired) electrons. The van der Waals surface area contributed by atoms with Gasteiger partial charge in [0.05, 0.1) is 31.2 Å². The molecule has 0 aromatic rings. The summed E-state index contributed by atoms with van der Waals surface area (Å²) in [5.74, 6) is -1.17. The maximum atomic E-state index is 12.4. The minimum absolute atomic E-state index is 0.0245. The van der Waals surface area contributed by atoms with E-state index >= 15 is 0 Å². The average molecular weight is 301 g/mol. The van der Waals surface area contributed by atoms with Crippen LogP contribution >= 0.6 is 0 Å². The third-order valence-electron chi connectivity index (χ3n) is 5.34. The van der Waals surface area contributed by atoms with Gasteiger partial charge < -0.3 is 24.8 Å². The van der Waals surface area contributed by atoms with Crippen molar-refractivity contribution in [3.63, 3.8) is 0 Å². The third kappa shape index (κ3) is 2.82. The summed E-state index contributed by atoms with van der Waals surface area (Å²) in [5.41, 5.74) is -1.89. The number of esters is 1. The fourth-order valence-corrected chi connectivity index (χ4v) is 3.82. The van der Waals surface area contributed by atoms with E-state index in [0.717, 1.165) is 19.3 Å². The molecule has 6 heteroatoms. The molecule has 0 aromatic carbocycles. The summed E-state index contributed by atoms with van der Waals surface area (Å²) in [6.45, 7) is 6.14. The first kappa shape index (κ1) is 16.7. The number of hydrogen-bond acceptors (Lipinski definition) is 5. The summed E-state index contributed by atoms with van der Waals surface area (Å²) in [5, 5.41) is 32.5. The van der Waals surface area contributed by atoms with Crippen molar-refractivity contribution in [3.8, 4) is 0 Å². The van der Waals surface area contributed by atoms with E-state index in [1.165, 1.54) is 6.92 Å². The zero-order valence-electron chi connectivity index (χ0n) is 13.1. The van der Waals surface area contributed by atoms with E-state index in [4.69, 9.17) is 4.74 Å². The van der Waals surface area contributed by atoms with Crippen molar-refractivity contribution in [1.29, 1.82) is 0 Å². The lowest BCUT2D eigenvalue weighted by Crippen LogP contribution is -2.53. The highest BCUT2D eigenvalue weighted by Crippen LogP contribution is 2.39. The topological polar surface area (TPSA) is 89.8 Å². The molecule has 122 valence electrons. The molecule has 0 amide bonds. The van der Waals surface area contributed by atoms with Crippen molar-refractivity contribution in [2.75, 3.05) is 19.7 Å². The van der Waals surface area contributed by atoms with Gasteiger partial charge in [-0.05, 0) is 12.8 Å². The van der Waals surface area contributed by atoms with Crippen LogP contribution in [0.4, 0.5) is 0 Å². The Morgan fingerprint density at radius 1 is 1.38 bits per heavy atom. The van der Waals surface area contributed by atoms with Crippen molar-refractivity contribution < 1.29 is 24.4 Å². The van der Waals surface area contributed by atoms with Gasteiger partial charge in [0.2, 0.25) is 0 Å². The zero-order chi connectivity index (χ0) is 15.8. The second-order valence-electron chi connectivity index (χ2n) is 6.91. The van der Waals surface area contributed by atoms with E-state index in [9.17, 15) is 20.2 Å². The Hall–Kier alpha value is -0.690. The number of rotatable bonds is 5. The second-order valence-corrected chi connectivity index (χ2v) is 6.91. The lowest BCUT2D eigenvalue weighted by atomic mass is 9.85. The highest BCUT2D eigenvalue weighted by molar-refractivity contribution is 5.80. The highest BCUT2D eigenvalue weighted by atomic mass is 16.6. The molecular weight excluding hydrogens is 274 g/mol. The largest absolute Gasteiger partial charge is 0.633 e. The summed E-state index contributed by atoms with van der Waals surface area (Å²) in [7, 11) is 0. The lowest BCUT2D eigenvalue weighted by molar-refractivity contribution is -0.881. The molecule has 2 heterocycles.